The number of carbonyl (C=O) groups excluding carboxylic acids is 1. The standard InChI is InChI=1S/C10H9F3O2/c1-6(14)7-3-2-4-8(5-7)9(15)10(11,12)13/h2-5,9,15H,1H3/t9-/m1/s1. The molecular formula is C10H9F3O2. The first kappa shape index (κ1) is 11.7. The van der Waals surface area contributed by atoms with Crippen LogP contribution in [0.25, 0.3) is 0 Å². The summed E-state index contributed by atoms with van der Waals surface area (Å²) in [5, 5.41) is 8.93. The molecule has 0 saturated carbocycles. The molecule has 0 amide bonds. The first-order valence-corrected chi connectivity index (χ1v) is 4.18. The van der Waals surface area contributed by atoms with Crippen LogP contribution in [0.3, 0.4) is 0 Å². The lowest BCUT2D eigenvalue weighted by molar-refractivity contribution is -0.206. The van der Waals surface area contributed by atoms with Crippen molar-refractivity contribution in [3.63, 3.8) is 0 Å². The van der Waals surface area contributed by atoms with E-state index in [9.17, 15) is 18.0 Å². The van der Waals surface area contributed by atoms with E-state index in [1.54, 1.807) is 0 Å². The predicted octanol–water partition coefficient (Wildman–Crippen LogP) is 2.48. The Balaban J connectivity index is 3.06. The van der Waals surface area contributed by atoms with E-state index >= 15 is 0 Å². The van der Waals surface area contributed by atoms with Crippen LogP contribution in [0.15, 0.2) is 24.3 Å². The zero-order chi connectivity index (χ0) is 11.6. The number of hydrogen-bond donors (Lipinski definition) is 1. The molecule has 15 heavy (non-hydrogen) atoms. The van der Waals surface area contributed by atoms with E-state index in [0.29, 0.717) is 0 Å². The van der Waals surface area contributed by atoms with Crippen molar-refractivity contribution in [2.75, 3.05) is 0 Å². The number of aliphatic hydroxyl groups is 1. The largest absolute Gasteiger partial charge is 0.418 e. The summed E-state index contributed by atoms with van der Waals surface area (Å²) in [6.45, 7) is 1.25. The van der Waals surface area contributed by atoms with Crippen LogP contribution in [0.4, 0.5) is 13.2 Å². The fourth-order valence-electron chi connectivity index (χ4n) is 1.12. The second-order valence-electron chi connectivity index (χ2n) is 3.13. The summed E-state index contributed by atoms with van der Waals surface area (Å²) in [4.78, 5) is 10.9. The molecule has 0 saturated heterocycles. The second-order valence-corrected chi connectivity index (χ2v) is 3.13. The third-order valence-electron chi connectivity index (χ3n) is 1.92. The van der Waals surface area contributed by atoms with E-state index in [0.717, 1.165) is 12.1 Å². The summed E-state index contributed by atoms with van der Waals surface area (Å²) in [7, 11) is 0. The molecule has 1 rings (SSSR count). The molecule has 5 heteroatoms. The smallest absolute Gasteiger partial charge is 0.379 e. The maximum absolute atomic E-state index is 12.1. The highest BCUT2D eigenvalue weighted by molar-refractivity contribution is 5.94. The molecule has 0 fully saturated rings. The van der Waals surface area contributed by atoms with E-state index in [1.165, 1.54) is 19.1 Å². The number of benzene rings is 1. The quantitative estimate of drug-likeness (QED) is 0.774. The van der Waals surface area contributed by atoms with Gasteiger partial charge >= 0.3 is 6.18 Å². The van der Waals surface area contributed by atoms with Crippen LogP contribution in [0.2, 0.25) is 0 Å². The Labute approximate surface area is 84.3 Å². The zero-order valence-electron chi connectivity index (χ0n) is 7.88. The predicted molar refractivity (Wildman–Crippen MR) is 47.5 cm³/mol. The van der Waals surface area contributed by atoms with Crippen LogP contribution in [0.5, 0.6) is 0 Å². The monoisotopic (exact) mass is 218 g/mol. The van der Waals surface area contributed by atoms with E-state index in [2.05, 4.69) is 0 Å². The van der Waals surface area contributed by atoms with Gasteiger partial charge in [-0.3, -0.25) is 4.79 Å². The molecule has 2 nitrogen and oxygen atoms in total. The van der Waals surface area contributed by atoms with Gasteiger partial charge in [0.05, 0.1) is 0 Å². The van der Waals surface area contributed by atoms with Crippen molar-refractivity contribution < 1.29 is 23.1 Å². The average molecular weight is 218 g/mol. The van der Waals surface area contributed by atoms with Gasteiger partial charge in [0.15, 0.2) is 11.9 Å². The topological polar surface area (TPSA) is 37.3 Å². The Morgan fingerprint density at radius 3 is 2.47 bits per heavy atom. The minimum Gasteiger partial charge on any atom is -0.379 e. The zero-order valence-corrected chi connectivity index (χ0v) is 7.88. The van der Waals surface area contributed by atoms with Gasteiger partial charge in [0, 0.05) is 5.56 Å². The number of alkyl halides is 3. The summed E-state index contributed by atoms with van der Waals surface area (Å²) in [6, 6.07) is 4.88. The number of ketones is 1. The van der Waals surface area contributed by atoms with Crippen LogP contribution < -0.4 is 0 Å². The average Bonchev–Trinajstić information content (AvgIpc) is 2.15. The van der Waals surface area contributed by atoms with Gasteiger partial charge < -0.3 is 5.11 Å². The molecule has 0 aliphatic carbocycles. The Hall–Kier alpha value is -1.36. The van der Waals surface area contributed by atoms with Gasteiger partial charge in [-0.05, 0) is 18.6 Å². The first-order valence-electron chi connectivity index (χ1n) is 4.18. The Morgan fingerprint density at radius 1 is 1.40 bits per heavy atom. The number of hydrogen-bond acceptors (Lipinski definition) is 2. The molecule has 1 atom stereocenters. The summed E-state index contributed by atoms with van der Waals surface area (Å²) in [5.74, 6) is -0.341. The lowest BCUT2D eigenvalue weighted by Gasteiger charge is -2.15. The van der Waals surface area contributed by atoms with Crippen molar-refractivity contribution in [3.8, 4) is 0 Å². The molecule has 0 spiro atoms. The minimum absolute atomic E-state index is 0.149. The first-order chi connectivity index (χ1) is 6.82. The maximum atomic E-state index is 12.1. The highest BCUT2D eigenvalue weighted by Crippen LogP contribution is 2.32. The summed E-state index contributed by atoms with van der Waals surface area (Å²) in [5.41, 5.74) is -0.175. The van der Waals surface area contributed by atoms with Crippen LogP contribution in [0.1, 0.15) is 28.9 Å². The maximum Gasteiger partial charge on any atom is 0.418 e. The molecule has 0 aliphatic heterocycles. The third kappa shape index (κ3) is 2.79. The molecule has 82 valence electrons. The Bertz CT molecular complexity index is 371. The number of rotatable bonds is 2. The molecule has 1 N–H and O–H groups in total. The molecule has 0 bridgehead atoms. The van der Waals surface area contributed by atoms with E-state index in [1.807, 2.05) is 0 Å². The van der Waals surface area contributed by atoms with Crippen LogP contribution in [0, 0.1) is 0 Å². The molecular weight excluding hydrogens is 209 g/mol. The number of aliphatic hydroxyl groups excluding tert-OH is 1. The Morgan fingerprint density at radius 2 is 2.00 bits per heavy atom. The molecule has 0 aromatic heterocycles. The number of carbonyl (C=O) groups is 1. The number of halogens is 3. The van der Waals surface area contributed by atoms with Gasteiger partial charge in [-0.15, -0.1) is 0 Å². The SMILES string of the molecule is CC(=O)c1cccc([C@@H](O)C(F)(F)F)c1. The van der Waals surface area contributed by atoms with Crippen molar-refractivity contribution >= 4 is 5.78 Å². The summed E-state index contributed by atoms with van der Waals surface area (Å²) >= 11 is 0. The van der Waals surface area contributed by atoms with Crippen LogP contribution in [-0.4, -0.2) is 17.1 Å². The van der Waals surface area contributed by atoms with Crippen LogP contribution in [-0.2, 0) is 0 Å². The van der Waals surface area contributed by atoms with Gasteiger partial charge in [-0.2, -0.15) is 13.2 Å². The van der Waals surface area contributed by atoms with Gasteiger partial charge in [-0.25, -0.2) is 0 Å². The fourth-order valence-corrected chi connectivity index (χ4v) is 1.12. The van der Waals surface area contributed by atoms with Gasteiger partial charge in [0.1, 0.15) is 0 Å². The van der Waals surface area contributed by atoms with E-state index in [-0.39, 0.29) is 16.9 Å². The molecule has 1 aromatic rings. The fraction of sp³-hybridized carbons (Fsp3) is 0.300. The third-order valence-corrected chi connectivity index (χ3v) is 1.92. The normalized spacial score (nSPS) is 13.7. The molecule has 0 unspecified atom stereocenters. The molecule has 0 radical (unpaired) electrons. The van der Waals surface area contributed by atoms with E-state index in [4.69, 9.17) is 5.11 Å². The Kier molecular flexibility index (Phi) is 3.14. The number of Topliss-reactive ketones (excluding diaryl/α,β-unsaturated/α-hetero) is 1. The molecule has 1 aromatic carbocycles. The van der Waals surface area contributed by atoms with Gasteiger partial charge in [0.2, 0.25) is 0 Å². The van der Waals surface area contributed by atoms with Crippen molar-refractivity contribution in [1.29, 1.82) is 0 Å². The second kappa shape index (κ2) is 4.02. The van der Waals surface area contributed by atoms with Gasteiger partial charge in [-0.1, -0.05) is 18.2 Å². The van der Waals surface area contributed by atoms with E-state index < -0.39 is 12.3 Å². The highest BCUT2D eigenvalue weighted by Gasteiger charge is 2.39. The van der Waals surface area contributed by atoms with Crippen LogP contribution >= 0.6 is 0 Å². The minimum atomic E-state index is -4.71. The van der Waals surface area contributed by atoms with Crippen molar-refractivity contribution in [2.24, 2.45) is 0 Å². The molecule has 0 aliphatic rings. The summed E-state index contributed by atoms with van der Waals surface area (Å²) < 4.78 is 36.4. The lowest BCUT2D eigenvalue weighted by atomic mass is 10.0. The van der Waals surface area contributed by atoms with Gasteiger partial charge in [0.25, 0.3) is 0 Å². The van der Waals surface area contributed by atoms with Crippen molar-refractivity contribution in [1.82, 2.24) is 0 Å². The molecule has 0 heterocycles. The van der Waals surface area contributed by atoms with Crippen molar-refractivity contribution in [3.05, 3.63) is 35.4 Å². The van der Waals surface area contributed by atoms with Crippen molar-refractivity contribution in [2.45, 2.75) is 19.2 Å². The summed E-state index contributed by atoms with van der Waals surface area (Å²) in [6.07, 6.45) is -7.26. The highest BCUT2D eigenvalue weighted by atomic mass is 19.4. The lowest BCUT2D eigenvalue weighted by Crippen LogP contribution is -2.20.